The highest BCUT2D eigenvalue weighted by atomic mass is 16.3. The Morgan fingerprint density at radius 3 is 1.12 bits per heavy atom. The molecule has 0 fully saturated rings. The first kappa shape index (κ1) is 56.6. The van der Waals surface area contributed by atoms with Gasteiger partial charge in [0.2, 0.25) is 5.91 Å². The molecular formula is C55H97NO3. The van der Waals surface area contributed by atoms with Crippen LogP contribution in [0.3, 0.4) is 0 Å². The zero-order valence-electron chi connectivity index (χ0n) is 39.0. The van der Waals surface area contributed by atoms with E-state index in [9.17, 15) is 15.0 Å². The van der Waals surface area contributed by atoms with E-state index in [0.29, 0.717) is 6.42 Å². The molecule has 0 saturated carbocycles. The van der Waals surface area contributed by atoms with Crippen LogP contribution < -0.4 is 5.32 Å². The number of hydrogen-bond acceptors (Lipinski definition) is 3. The number of aliphatic hydroxyl groups is 2. The third kappa shape index (κ3) is 46.5. The molecule has 0 aliphatic rings. The molecule has 4 heteroatoms. The lowest BCUT2D eigenvalue weighted by molar-refractivity contribution is -0.123. The highest BCUT2D eigenvalue weighted by Crippen LogP contribution is 2.16. The SMILES string of the molecule is CC/C=C\C/C=C\C/C=C\C/C=C\C/C=C\C/C=C\CCCCCCCCCCCCCCCCCCCCCCCCC(=O)NC(CO)C(O)/C=C/CCCCCC. The Bertz CT molecular complexity index is 1070. The average Bonchev–Trinajstić information content (AvgIpc) is 3.24. The molecule has 340 valence electrons. The maximum absolute atomic E-state index is 12.3. The van der Waals surface area contributed by atoms with E-state index in [1.165, 1.54) is 154 Å². The Hall–Kier alpha value is -2.43. The summed E-state index contributed by atoms with van der Waals surface area (Å²) in [4.78, 5) is 12.3. The number of rotatable bonds is 45. The predicted octanol–water partition coefficient (Wildman–Crippen LogP) is 16.4. The van der Waals surface area contributed by atoms with Crippen LogP contribution in [0.2, 0.25) is 0 Å². The molecule has 0 bridgehead atoms. The number of aliphatic hydroxyl groups excluding tert-OH is 2. The minimum atomic E-state index is -0.836. The van der Waals surface area contributed by atoms with Crippen molar-refractivity contribution in [3.8, 4) is 0 Å². The molecule has 0 aromatic rings. The Kier molecular flexibility index (Phi) is 47.9. The quantitative estimate of drug-likeness (QED) is 0.0423. The molecule has 1 amide bonds. The number of allylic oxidation sites excluding steroid dienone is 13. The van der Waals surface area contributed by atoms with Gasteiger partial charge in [-0.15, -0.1) is 0 Å². The molecule has 0 aromatic heterocycles. The molecule has 0 aliphatic heterocycles. The van der Waals surface area contributed by atoms with Crippen LogP contribution in [0.4, 0.5) is 0 Å². The summed E-state index contributed by atoms with van der Waals surface area (Å²) in [5.74, 6) is -0.0693. The van der Waals surface area contributed by atoms with Crippen LogP contribution in [-0.2, 0) is 4.79 Å². The van der Waals surface area contributed by atoms with Crippen molar-refractivity contribution in [1.82, 2.24) is 5.32 Å². The zero-order valence-corrected chi connectivity index (χ0v) is 39.0. The van der Waals surface area contributed by atoms with Crippen LogP contribution in [0, 0.1) is 0 Å². The van der Waals surface area contributed by atoms with E-state index in [1.54, 1.807) is 6.08 Å². The van der Waals surface area contributed by atoms with Crippen molar-refractivity contribution in [2.24, 2.45) is 0 Å². The molecule has 2 atom stereocenters. The fourth-order valence-corrected chi connectivity index (χ4v) is 7.30. The summed E-state index contributed by atoms with van der Waals surface area (Å²) in [5, 5.41) is 22.7. The van der Waals surface area contributed by atoms with Crippen molar-refractivity contribution in [2.75, 3.05) is 6.61 Å². The molecule has 0 saturated heterocycles. The van der Waals surface area contributed by atoms with Crippen LogP contribution in [0.25, 0.3) is 0 Å². The van der Waals surface area contributed by atoms with Crippen molar-refractivity contribution < 1.29 is 15.0 Å². The predicted molar refractivity (Wildman–Crippen MR) is 262 cm³/mol. The maximum Gasteiger partial charge on any atom is 0.220 e. The fourth-order valence-electron chi connectivity index (χ4n) is 7.30. The number of nitrogens with one attached hydrogen (secondary N) is 1. The van der Waals surface area contributed by atoms with Gasteiger partial charge < -0.3 is 15.5 Å². The van der Waals surface area contributed by atoms with Gasteiger partial charge in [0.1, 0.15) is 0 Å². The number of carbonyl (C=O) groups is 1. The van der Waals surface area contributed by atoms with Gasteiger partial charge in [-0.3, -0.25) is 4.79 Å². The van der Waals surface area contributed by atoms with Gasteiger partial charge in [0.25, 0.3) is 0 Å². The second-order valence-corrected chi connectivity index (χ2v) is 16.9. The van der Waals surface area contributed by atoms with Crippen molar-refractivity contribution in [3.05, 3.63) is 85.1 Å². The second-order valence-electron chi connectivity index (χ2n) is 16.9. The minimum absolute atomic E-state index is 0.0693. The first-order chi connectivity index (χ1) is 29.2. The van der Waals surface area contributed by atoms with E-state index in [4.69, 9.17) is 0 Å². The Labute approximate surface area is 367 Å². The zero-order chi connectivity index (χ0) is 42.8. The van der Waals surface area contributed by atoms with Gasteiger partial charge >= 0.3 is 0 Å². The topological polar surface area (TPSA) is 69.6 Å². The monoisotopic (exact) mass is 820 g/mol. The highest BCUT2D eigenvalue weighted by molar-refractivity contribution is 5.76. The summed E-state index contributed by atoms with van der Waals surface area (Å²) in [6, 6.07) is -0.619. The molecule has 4 nitrogen and oxygen atoms in total. The molecule has 0 heterocycles. The molecule has 2 unspecified atom stereocenters. The summed E-state index contributed by atoms with van der Waals surface area (Å²) in [5.41, 5.74) is 0. The van der Waals surface area contributed by atoms with Gasteiger partial charge in [0.05, 0.1) is 18.8 Å². The van der Waals surface area contributed by atoms with Gasteiger partial charge in [-0.1, -0.05) is 247 Å². The van der Waals surface area contributed by atoms with Crippen LogP contribution in [0.5, 0.6) is 0 Å². The third-order valence-corrected chi connectivity index (χ3v) is 11.1. The third-order valence-electron chi connectivity index (χ3n) is 11.1. The van der Waals surface area contributed by atoms with Crippen LogP contribution in [-0.4, -0.2) is 34.9 Å². The van der Waals surface area contributed by atoms with Crippen LogP contribution in [0.1, 0.15) is 239 Å². The number of unbranched alkanes of at least 4 members (excludes halogenated alkanes) is 26. The Balaban J connectivity index is 3.39. The largest absolute Gasteiger partial charge is 0.394 e. The molecule has 59 heavy (non-hydrogen) atoms. The van der Waals surface area contributed by atoms with E-state index in [0.717, 1.165) is 64.2 Å². The van der Waals surface area contributed by atoms with E-state index in [1.807, 2.05) is 6.08 Å². The van der Waals surface area contributed by atoms with Crippen LogP contribution in [0.15, 0.2) is 85.1 Å². The molecule has 0 aliphatic carbocycles. The maximum atomic E-state index is 12.3. The molecule has 0 aromatic carbocycles. The molecular weight excluding hydrogens is 723 g/mol. The summed E-state index contributed by atoms with van der Waals surface area (Å²) in [6.07, 6.45) is 73.4. The Morgan fingerprint density at radius 2 is 0.746 bits per heavy atom. The summed E-state index contributed by atoms with van der Waals surface area (Å²) in [6.45, 7) is 4.12. The van der Waals surface area contributed by atoms with E-state index < -0.39 is 12.1 Å². The molecule has 0 radical (unpaired) electrons. The van der Waals surface area contributed by atoms with Crippen molar-refractivity contribution in [2.45, 2.75) is 251 Å². The van der Waals surface area contributed by atoms with E-state index in [-0.39, 0.29) is 12.5 Å². The highest BCUT2D eigenvalue weighted by Gasteiger charge is 2.17. The number of carbonyl (C=O) groups excluding carboxylic acids is 1. The first-order valence-corrected chi connectivity index (χ1v) is 25.3. The standard InChI is InChI=1S/C55H97NO3/c1-3-5-7-9-11-12-13-14-15-16-17-18-19-20-21-22-23-24-25-26-27-28-29-30-31-32-33-34-35-36-37-38-39-40-41-42-43-44-45-47-49-51-55(59)56-53(52-57)54(58)50-48-46-10-8-6-4-2/h5,7,11-12,14-15,17-18,20-21,23-24,48,50,53-54,57-58H,3-4,6,8-10,13,16,19,22,25-47,49,51-52H2,1-2H3,(H,56,59)/b7-5-,12-11-,15-14-,18-17-,21-20-,24-23-,50-48+. The van der Waals surface area contributed by atoms with Gasteiger partial charge in [-0.25, -0.2) is 0 Å². The van der Waals surface area contributed by atoms with Gasteiger partial charge in [-0.2, -0.15) is 0 Å². The Morgan fingerprint density at radius 1 is 0.424 bits per heavy atom. The lowest BCUT2D eigenvalue weighted by Gasteiger charge is -2.20. The van der Waals surface area contributed by atoms with Gasteiger partial charge in [0, 0.05) is 6.42 Å². The van der Waals surface area contributed by atoms with E-state index >= 15 is 0 Å². The smallest absolute Gasteiger partial charge is 0.220 e. The molecule has 3 N–H and O–H groups in total. The fraction of sp³-hybridized carbons (Fsp3) is 0.727. The van der Waals surface area contributed by atoms with Gasteiger partial charge in [-0.05, 0) is 70.6 Å². The lowest BCUT2D eigenvalue weighted by Crippen LogP contribution is -2.45. The molecule has 0 spiro atoms. The summed E-state index contributed by atoms with van der Waals surface area (Å²) in [7, 11) is 0. The lowest BCUT2D eigenvalue weighted by atomic mass is 10.0. The van der Waals surface area contributed by atoms with Crippen molar-refractivity contribution >= 4 is 5.91 Å². The number of hydrogen-bond donors (Lipinski definition) is 3. The van der Waals surface area contributed by atoms with Crippen LogP contribution >= 0.6 is 0 Å². The second kappa shape index (κ2) is 49.9. The van der Waals surface area contributed by atoms with E-state index in [2.05, 4.69) is 92.1 Å². The van der Waals surface area contributed by atoms with Gasteiger partial charge in [0.15, 0.2) is 0 Å². The normalized spacial score (nSPS) is 13.6. The van der Waals surface area contributed by atoms with Crippen molar-refractivity contribution in [3.63, 3.8) is 0 Å². The molecule has 0 rings (SSSR count). The first-order valence-electron chi connectivity index (χ1n) is 25.3. The number of amides is 1. The van der Waals surface area contributed by atoms with Crippen molar-refractivity contribution in [1.29, 1.82) is 0 Å². The minimum Gasteiger partial charge on any atom is -0.394 e. The average molecular weight is 820 g/mol. The summed E-state index contributed by atoms with van der Waals surface area (Å²) < 4.78 is 0. The summed E-state index contributed by atoms with van der Waals surface area (Å²) >= 11 is 0.